The van der Waals surface area contributed by atoms with Crippen LogP contribution in [0.4, 0.5) is 0 Å². The highest BCUT2D eigenvalue weighted by Gasteiger charge is 2.23. The minimum Gasteiger partial charge on any atom is -0.309 e. The molecule has 0 radical (unpaired) electrons. The van der Waals surface area contributed by atoms with E-state index in [0.29, 0.717) is 0 Å². The van der Waals surface area contributed by atoms with Crippen molar-refractivity contribution in [2.24, 2.45) is 0 Å². The van der Waals surface area contributed by atoms with E-state index >= 15 is 0 Å². The smallest absolute Gasteiger partial charge is 0.0579 e. The predicted octanol–water partition coefficient (Wildman–Crippen LogP) is 4.60. The maximum atomic E-state index is 3.49. The van der Waals surface area contributed by atoms with Crippen LogP contribution in [0.15, 0.2) is 48.5 Å². The van der Waals surface area contributed by atoms with Crippen molar-refractivity contribution in [1.82, 2.24) is 5.32 Å². The second kappa shape index (κ2) is 5.80. The molecule has 0 aliphatic heterocycles. The van der Waals surface area contributed by atoms with Crippen molar-refractivity contribution in [1.29, 1.82) is 0 Å². The first-order valence-electron chi connectivity index (χ1n) is 7.27. The fourth-order valence-electron chi connectivity index (χ4n) is 2.82. The van der Waals surface area contributed by atoms with Crippen LogP contribution < -0.4 is 5.32 Å². The molecule has 106 valence electrons. The first-order valence-corrected chi connectivity index (χ1v) is 7.27. The Morgan fingerprint density at radius 2 is 1.40 bits per heavy atom. The van der Waals surface area contributed by atoms with Crippen molar-refractivity contribution in [3.63, 3.8) is 0 Å². The van der Waals surface area contributed by atoms with Gasteiger partial charge >= 0.3 is 0 Å². The summed E-state index contributed by atoms with van der Waals surface area (Å²) in [5, 5.41) is 3.49. The SMILES string of the molecule is CNC(c1ccccc1C)c1ccccc1C(C)(C)C. The van der Waals surface area contributed by atoms with Gasteiger partial charge < -0.3 is 5.32 Å². The molecule has 0 spiro atoms. The second-order valence-corrected chi connectivity index (χ2v) is 6.42. The van der Waals surface area contributed by atoms with Crippen LogP contribution in [0.2, 0.25) is 0 Å². The van der Waals surface area contributed by atoms with Crippen LogP contribution in [0.5, 0.6) is 0 Å². The van der Waals surface area contributed by atoms with E-state index in [0.717, 1.165) is 0 Å². The van der Waals surface area contributed by atoms with Crippen molar-refractivity contribution in [2.45, 2.75) is 39.2 Å². The van der Waals surface area contributed by atoms with E-state index in [4.69, 9.17) is 0 Å². The Morgan fingerprint density at radius 3 is 1.95 bits per heavy atom. The van der Waals surface area contributed by atoms with Gasteiger partial charge in [0, 0.05) is 0 Å². The van der Waals surface area contributed by atoms with Gasteiger partial charge in [0.05, 0.1) is 6.04 Å². The molecule has 0 saturated carbocycles. The molecule has 0 aliphatic carbocycles. The molecule has 1 unspecified atom stereocenters. The zero-order valence-corrected chi connectivity index (χ0v) is 13.2. The van der Waals surface area contributed by atoms with Crippen LogP contribution in [-0.4, -0.2) is 7.05 Å². The topological polar surface area (TPSA) is 12.0 Å². The van der Waals surface area contributed by atoms with E-state index in [1.165, 1.54) is 22.3 Å². The summed E-state index contributed by atoms with van der Waals surface area (Å²) in [5.41, 5.74) is 5.61. The largest absolute Gasteiger partial charge is 0.309 e. The third-order valence-corrected chi connectivity index (χ3v) is 3.87. The molecule has 1 heteroatoms. The number of nitrogens with one attached hydrogen (secondary N) is 1. The number of hydrogen-bond acceptors (Lipinski definition) is 1. The van der Waals surface area contributed by atoms with Crippen molar-refractivity contribution in [3.05, 3.63) is 70.8 Å². The van der Waals surface area contributed by atoms with Crippen LogP contribution in [0.3, 0.4) is 0 Å². The molecule has 20 heavy (non-hydrogen) atoms. The van der Waals surface area contributed by atoms with E-state index in [9.17, 15) is 0 Å². The summed E-state index contributed by atoms with van der Waals surface area (Å²) in [7, 11) is 2.04. The van der Waals surface area contributed by atoms with Crippen LogP contribution in [0, 0.1) is 6.92 Å². The first-order chi connectivity index (χ1) is 9.45. The van der Waals surface area contributed by atoms with Gasteiger partial charge in [0.15, 0.2) is 0 Å². The van der Waals surface area contributed by atoms with Crippen molar-refractivity contribution in [2.75, 3.05) is 7.05 Å². The molecule has 2 aromatic carbocycles. The lowest BCUT2D eigenvalue weighted by molar-refractivity contribution is 0.566. The van der Waals surface area contributed by atoms with Crippen LogP contribution in [0.1, 0.15) is 49.1 Å². The summed E-state index contributed by atoms with van der Waals surface area (Å²) < 4.78 is 0. The van der Waals surface area contributed by atoms with Gasteiger partial charge in [-0.05, 0) is 41.6 Å². The third-order valence-electron chi connectivity index (χ3n) is 3.87. The van der Waals surface area contributed by atoms with Gasteiger partial charge in [-0.25, -0.2) is 0 Å². The van der Waals surface area contributed by atoms with E-state index in [-0.39, 0.29) is 11.5 Å². The quantitative estimate of drug-likeness (QED) is 0.857. The van der Waals surface area contributed by atoms with Crippen LogP contribution >= 0.6 is 0 Å². The van der Waals surface area contributed by atoms with Crippen LogP contribution in [-0.2, 0) is 5.41 Å². The van der Waals surface area contributed by atoms with Crippen molar-refractivity contribution >= 4 is 0 Å². The summed E-state index contributed by atoms with van der Waals surface area (Å²) in [6.07, 6.45) is 0. The lowest BCUT2D eigenvalue weighted by Gasteiger charge is -2.28. The average Bonchev–Trinajstić information content (AvgIpc) is 2.41. The van der Waals surface area contributed by atoms with Gasteiger partial charge in [0.2, 0.25) is 0 Å². The van der Waals surface area contributed by atoms with E-state index in [1.54, 1.807) is 0 Å². The molecule has 0 aromatic heterocycles. The molecular formula is C19H25N. The van der Waals surface area contributed by atoms with Crippen molar-refractivity contribution in [3.8, 4) is 0 Å². The second-order valence-electron chi connectivity index (χ2n) is 6.42. The molecule has 2 rings (SSSR count). The highest BCUT2D eigenvalue weighted by molar-refractivity contribution is 5.43. The Bertz CT molecular complexity index is 578. The van der Waals surface area contributed by atoms with Crippen LogP contribution in [0.25, 0.3) is 0 Å². The van der Waals surface area contributed by atoms with E-state index < -0.39 is 0 Å². The zero-order valence-electron chi connectivity index (χ0n) is 13.2. The van der Waals surface area contributed by atoms with Crippen molar-refractivity contribution < 1.29 is 0 Å². The highest BCUT2D eigenvalue weighted by atomic mass is 14.9. The van der Waals surface area contributed by atoms with Gasteiger partial charge in [-0.1, -0.05) is 69.3 Å². The Hall–Kier alpha value is -1.60. The Kier molecular flexibility index (Phi) is 4.29. The standard InChI is InChI=1S/C19H25N/c1-14-10-6-7-11-15(14)18(20-5)16-12-8-9-13-17(16)19(2,3)4/h6-13,18,20H,1-5H3. The van der Waals surface area contributed by atoms with Gasteiger partial charge in [-0.3, -0.25) is 0 Å². The Labute approximate surface area is 123 Å². The monoisotopic (exact) mass is 267 g/mol. The zero-order chi connectivity index (χ0) is 14.8. The lowest BCUT2D eigenvalue weighted by atomic mass is 9.80. The predicted molar refractivity (Wildman–Crippen MR) is 87.2 cm³/mol. The minimum absolute atomic E-state index is 0.147. The maximum absolute atomic E-state index is 3.49. The summed E-state index contributed by atoms with van der Waals surface area (Å²) >= 11 is 0. The molecule has 0 saturated heterocycles. The van der Waals surface area contributed by atoms with Gasteiger partial charge in [0.1, 0.15) is 0 Å². The molecule has 1 nitrogen and oxygen atoms in total. The Morgan fingerprint density at radius 1 is 0.850 bits per heavy atom. The third kappa shape index (κ3) is 2.94. The summed E-state index contributed by atoms with van der Waals surface area (Å²) in [6, 6.07) is 17.6. The number of hydrogen-bond donors (Lipinski definition) is 1. The van der Waals surface area contributed by atoms with Gasteiger partial charge in [-0.15, -0.1) is 0 Å². The molecule has 1 atom stereocenters. The first kappa shape index (κ1) is 14.8. The highest BCUT2D eigenvalue weighted by Crippen LogP contribution is 2.33. The fourth-order valence-corrected chi connectivity index (χ4v) is 2.82. The molecule has 1 N–H and O–H groups in total. The summed E-state index contributed by atoms with van der Waals surface area (Å²) in [5.74, 6) is 0. The van der Waals surface area contributed by atoms with Gasteiger partial charge in [0.25, 0.3) is 0 Å². The average molecular weight is 267 g/mol. The number of benzene rings is 2. The molecule has 0 bridgehead atoms. The Balaban J connectivity index is 2.57. The molecular weight excluding hydrogens is 242 g/mol. The van der Waals surface area contributed by atoms with E-state index in [1.807, 2.05) is 7.05 Å². The van der Waals surface area contributed by atoms with Gasteiger partial charge in [-0.2, -0.15) is 0 Å². The molecule has 0 heterocycles. The molecule has 0 amide bonds. The molecule has 0 aliphatic rings. The molecule has 2 aromatic rings. The summed E-state index contributed by atoms with van der Waals surface area (Å²) in [6.45, 7) is 9.00. The molecule has 0 fully saturated rings. The lowest BCUT2D eigenvalue weighted by Crippen LogP contribution is -2.24. The number of rotatable bonds is 3. The fraction of sp³-hybridized carbons (Fsp3) is 0.368. The normalized spacial score (nSPS) is 13.2. The summed E-state index contributed by atoms with van der Waals surface area (Å²) in [4.78, 5) is 0. The maximum Gasteiger partial charge on any atom is 0.0579 e. The minimum atomic E-state index is 0.147. The van der Waals surface area contributed by atoms with E-state index in [2.05, 4.69) is 81.5 Å². The number of aryl methyl sites for hydroxylation is 1.